The number of para-hydroxylation sites is 1. The Morgan fingerprint density at radius 1 is 1.04 bits per heavy atom. The van der Waals surface area contributed by atoms with Crippen LogP contribution < -0.4 is 9.46 Å². The zero-order valence-electron chi connectivity index (χ0n) is 11.5. The Morgan fingerprint density at radius 2 is 1.65 bits per heavy atom. The van der Waals surface area contributed by atoms with Crippen molar-refractivity contribution in [1.82, 2.24) is 0 Å². The molecule has 4 nitrogen and oxygen atoms in total. The van der Waals surface area contributed by atoms with Crippen LogP contribution in [0.5, 0.6) is 5.75 Å². The van der Waals surface area contributed by atoms with Gasteiger partial charge in [-0.3, -0.25) is 4.72 Å². The topological polar surface area (TPSA) is 55.4 Å². The second kappa shape index (κ2) is 6.22. The van der Waals surface area contributed by atoms with Crippen LogP contribution >= 0.6 is 0 Å². The van der Waals surface area contributed by atoms with Gasteiger partial charge in [0.2, 0.25) is 0 Å². The molecule has 2 aromatic rings. The number of rotatable bonds is 4. The van der Waals surface area contributed by atoms with Crippen molar-refractivity contribution < 1.29 is 26.3 Å². The van der Waals surface area contributed by atoms with E-state index < -0.39 is 22.1 Å². The van der Waals surface area contributed by atoms with E-state index in [4.69, 9.17) is 6.42 Å². The van der Waals surface area contributed by atoms with Crippen molar-refractivity contribution >= 4 is 15.7 Å². The maximum Gasteiger partial charge on any atom is 0.573 e. The number of alkyl halides is 3. The van der Waals surface area contributed by atoms with Gasteiger partial charge in [0.05, 0.1) is 10.6 Å². The van der Waals surface area contributed by atoms with Gasteiger partial charge in [-0.1, -0.05) is 18.1 Å². The van der Waals surface area contributed by atoms with E-state index in [9.17, 15) is 21.6 Å². The highest BCUT2D eigenvalue weighted by atomic mass is 32.2. The lowest BCUT2D eigenvalue weighted by molar-refractivity contribution is -0.274. The number of ether oxygens (including phenoxy) is 1. The molecule has 0 radical (unpaired) electrons. The van der Waals surface area contributed by atoms with Crippen molar-refractivity contribution in [2.75, 3.05) is 4.72 Å². The SMILES string of the molecule is C#Cc1ccccc1NS(=O)(=O)c1ccc(OC(F)(F)F)cc1. The Labute approximate surface area is 131 Å². The average molecular weight is 341 g/mol. The summed E-state index contributed by atoms with van der Waals surface area (Å²) in [4.78, 5) is -0.223. The summed E-state index contributed by atoms with van der Waals surface area (Å²) in [5.41, 5.74) is 0.540. The summed E-state index contributed by atoms with van der Waals surface area (Å²) in [7, 11) is -3.99. The first-order valence-corrected chi connectivity index (χ1v) is 7.64. The van der Waals surface area contributed by atoms with Crippen LogP contribution in [0.1, 0.15) is 5.56 Å². The van der Waals surface area contributed by atoms with Crippen molar-refractivity contribution in [3.63, 3.8) is 0 Å². The fourth-order valence-corrected chi connectivity index (χ4v) is 2.80. The van der Waals surface area contributed by atoms with Gasteiger partial charge in [-0.25, -0.2) is 8.42 Å². The van der Waals surface area contributed by atoms with Crippen LogP contribution in [0.25, 0.3) is 0 Å². The molecule has 0 unspecified atom stereocenters. The lowest BCUT2D eigenvalue weighted by Crippen LogP contribution is -2.17. The molecule has 0 heterocycles. The Hall–Kier alpha value is -2.66. The zero-order chi connectivity index (χ0) is 17.1. The van der Waals surface area contributed by atoms with Crippen LogP contribution in [0.3, 0.4) is 0 Å². The molecule has 0 aliphatic heterocycles. The van der Waals surface area contributed by atoms with E-state index in [0.29, 0.717) is 5.56 Å². The summed E-state index contributed by atoms with van der Waals surface area (Å²) in [5.74, 6) is 1.82. The second-order valence-electron chi connectivity index (χ2n) is 4.31. The predicted molar refractivity (Wildman–Crippen MR) is 78.3 cm³/mol. The Bertz CT molecular complexity index is 838. The standard InChI is InChI=1S/C15H10F3NO3S/c1-2-11-5-3-4-6-14(11)19-23(20,21)13-9-7-12(8-10-13)22-15(16,17)18/h1,3-10,19H. The minimum atomic E-state index is -4.84. The summed E-state index contributed by atoms with van der Waals surface area (Å²) >= 11 is 0. The molecule has 0 saturated carbocycles. The Kier molecular flexibility index (Phi) is 4.52. The minimum absolute atomic E-state index is 0.200. The van der Waals surface area contributed by atoms with E-state index in [1.54, 1.807) is 18.2 Å². The number of sulfonamides is 1. The lowest BCUT2D eigenvalue weighted by Gasteiger charge is -2.11. The highest BCUT2D eigenvalue weighted by Crippen LogP contribution is 2.25. The number of halogens is 3. The van der Waals surface area contributed by atoms with E-state index in [-0.39, 0.29) is 10.6 Å². The lowest BCUT2D eigenvalue weighted by atomic mass is 10.2. The van der Waals surface area contributed by atoms with Gasteiger partial charge in [-0.05, 0) is 36.4 Å². The van der Waals surface area contributed by atoms with Gasteiger partial charge in [-0.2, -0.15) is 0 Å². The molecule has 0 atom stereocenters. The number of nitrogens with one attached hydrogen (secondary N) is 1. The maximum absolute atomic E-state index is 12.2. The van der Waals surface area contributed by atoms with E-state index in [0.717, 1.165) is 24.3 Å². The molecule has 1 N–H and O–H groups in total. The first kappa shape index (κ1) is 16.7. The van der Waals surface area contributed by atoms with Crippen molar-refractivity contribution in [2.45, 2.75) is 11.3 Å². The van der Waals surface area contributed by atoms with Gasteiger partial charge < -0.3 is 4.74 Å². The number of benzene rings is 2. The molecule has 0 aliphatic rings. The number of hydrogen-bond acceptors (Lipinski definition) is 3. The fourth-order valence-electron chi connectivity index (χ4n) is 1.72. The van der Waals surface area contributed by atoms with E-state index in [2.05, 4.69) is 15.4 Å². The summed E-state index contributed by atoms with van der Waals surface area (Å²) in [6.45, 7) is 0. The summed E-state index contributed by atoms with van der Waals surface area (Å²) < 4.78 is 66.6. The van der Waals surface area contributed by atoms with Crippen LogP contribution in [0, 0.1) is 12.3 Å². The molecule has 23 heavy (non-hydrogen) atoms. The number of hydrogen-bond donors (Lipinski definition) is 1. The first-order valence-electron chi connectivity index (χ1n) is 6.15. The Balaban J connectivity index is 2.25. The largest absolute Gasteiger partial charge is 0.573 e. The smallest absolute Gasteiger partial charge is 0.406 e. The molecular weight excluding hydrogens is 331 g/mol. The molecule has 0 aromatic heterocycles. The molecule has 0 bridgehead atoms. The van der Waals surface area contributed by atoms with Crippen LogP contribution in [0.4, 0.5) is 18.9 Å². The highest BCUT2D eigenvalue weighted by molar-refractivity contribution is 7.92. The van der Waals surface area contributed by atoms with Gasteiger partial charge in [-0.15, -0.1) is 19.6 Å². The molecule has 8 heteroatoms. The number of terminal acetylenes is 1. The van der Waals surface area contributed by atoms with E-state index >= 15 is 0 Å². The average Bonchev–Trinajstić information content (AvgIpc) is 2.46. The molecule has 0 fully saturated rings. The van der Waals surface area contributed by atoms with Crippen LogP contribution in [0.2, 0.25) is 0 Å². The van der Waals surface area contributed by atoms with Gasteiger partial charge in [0.25, 0.3) is 10.0 Å². The second-order valence-corrected chi connectivity index (χ2v) is 6.00. The molecule has 0 amide bonds. The van der Waals surface area contributed by atoms with E-state index in [1.165, 1.54) is 6.07 Å². The summed E-state index contributed by atoms with van der Waals surface area (Å²) in [5, 5.41) is 0. The fraction of sp³-hybridized carbons (Fsp3) is 0.0667. The van der Waals surface area contributed by atoms with Crippen molar-refractivity contribution in [2.24, 2.45) is 0 Å². The van der Waals surface area contributed by atoms with Gasteiger partial charge >= 0.3 is 6.36 Å². The molecule has 0 spiro atoms. The normalized spacial score (nSPS) is 11.6. The van der Waals surface area contributed by atoms with Crippen molar-refractivity contribution in [3.8, 4) is 18.1 Å². The molecular formula is C15H10F3NO3S. The van der Waals surface area contributed by atoms with Gasteiger partial charge in [0.1, 0.15) is 5.75 Å². The third kappa shape index (κ3) is 4.40. The zero-order valence-corrected chi connectivity index (χ0v) is 12.3. The third-order valence-electron chi connectivity index (χ3n) is 2.69. The quantitative estimate of drug-likeness (QED) is 0.868. The number of anilines is 1. The van der Waals surface area contributed by atoms with Crippen LogP contribution in [-0.2, 0) is 10.0 Å². The predicted octanol–water partition coefficient (Wildman–Crippen LogP) is 3.37. The molecule has 0 aliphatic carbocycles. The minimum Gasteiger partial charge on any atom is -0.406 e. The molecule has 120 valence electrons. The van der Waals surface area contributed by atoms with E-state index in [1.807, 2.05) is 0 Å². The van der Waals surface area contributed by atoms with Crippen molar-refractivity contribution in [3.05, 3.63) is 54.1 Å². The molecule has 2 aromatic carbocycles. The van der Waals surface area contributed by atoms with Gasteiger partial charge in [0.15, 0.2) is 0 Å². The Morgan fingerprint density at radius 3 is 2.22 bits per heavy atom. The third-order valence-corrected chi connectivity index (χ3v) is 4.08. The monoisotopic (exact) mass is 341 g/mol. The van der Waals surface area contributed by atoms with Crippen LogP contribution in [-0.4, -0.2) is 14.8 Å². The summed E-state index contributed by atoms with van der Waals surface area (Å²) in [6.07, 6.45) is 0.436. The van der Waals surface area contributed by atoms with Crippen molar-refractivity contribution in [1.29, 1.82) is 0 Å². The van der Waals surface area contributed by atoms with Gasteiger partial charge in [0, 0.05) is 5.56 Å². The van der Waals surface area contributed by atoms with Crippen LogP contribution in [0.15, 0.2) is 53.4 Å². The highest BCUT2D eigenvalue weighted by Gasteiger charge is 2.31. The maximum atomic E-state index is 12.2. The summed E-state index contributed by atoms with van der Waals surface area (Å²) in [6, 6.07) is 10.1. The first-order chi connectivity index (χ1) is 10.7. The molecule has 2 rings (SSSR count). The molecule has 0 saturated heterocycles.